The molecule has 56 heavy (non-hydrogen) atoms. The lowest BCUT2D eigenvalue weighted by atomic mass is 9.97. The highest BCUT2D eigenvalue weighted by Gasteiger charge is 2.21. The molecule has 0 atom stereocenters. The zero-order valence-electron chi connectivity index (χ0n) is 30.2. The highest BCUT2D eigenvalue weighted by Crippen LogP contribution is 2.42. The van der Waals surface area contributed by atoms with Crippen LogP contribution in [0.1, 0.15) is 0 Å². The van der Waals surface area contributed by atoms with Crippen LogP contribution >= 0.6 is 0 Å². The molecule has 0 fully saturated rings. The first-order valence-electron chi connectivity index (χ1n) is 18.8. The quantitative estimate of drug-likeness (QED) is 0.172. The van der Waals surface area contributed by atoms with E-state index in [0.29, 0.717) is 17.5 Å². The van der Waals surface area contributed by atoms with Crippen molar-refractivity contribution in [3.05, 3.63) is 194 Å². The van der Waals surface area contributed by atoms with Crippen LogP contribution < -0.4 is 0 Å². The van der Waals surface area contributed by atoms with Crippen molar-refractivity contribution in [1.29, 1.82) is 0 Å². The van der Waals surface area contributed by atoms with Gasteiger partial charge in [-0.05, 0) is 58.7 Å². The fourth-order valence-electron chi connectivity index (χ4n) is 8.06. The van der Waals surface area contributed by atoms with E-state index < -0.39 is 0 Å². The Labute approximate surface area is 322 Å². The molecule has 5 nitrogen and oxygen atoms in total. The summed E-state index contributed by atoms with van der Waals surface area (Å²) < 4.78 is 9.16. The highest BCUT2D eigenvalue weighted by atomic mass is 16.3. The number of hydrogen-bond acceptors (Lipinski definition) is 4. The number of hydrogen-bond donors (Lipinski definition) is 0. The van der Waals surface area contributed by atoms with Crippen LogP contribution in [0.4, 0.5) is 0 Å². The monoisotopic (exact) mass is 716 g/mol. The Hall–Kier alpha value is -7.63. The fourth-order valence-corrected chi connectivity index (χ4v) is 8.06. The molecule has 262 valence electrons. The summed E-state index contributed by atoms with van der Waals surface area (Å²) in [5.41, 5.74) is 12.2. The van der Waals surface area contributed by atoms with Gasteiger partial charge in [0.2, 0.25) is 0 Å². The second kappa shape index (κ2) is 13.0. The lowest BCUT2D eigenvalue weighted by Gasteiger charge is -2.11. The minimum absolute atomic E-state index is 0.563. The third-order valence-corrected chi connectivity index (χ3v) is 10.7. The summed E-state index contributed by atoms with van der Waals surface area (Å²) in [7, 11) is 0. The van der Waals surface area contributed by atoms with Crippen molar-refractivity contribution in [2.45, 2.75) is 0 Å². The minimum atomic E-state index is 0.563. The molecule has 0 saturated carbocycles. The van der Waals surface area contributed by atoms with Gasteiger partial charge in [0.1, 0.15) is 11.2 Å². The third-order valence-electron chi connectivity index (χ3n) is 10.7. The van der Waals surface area contributed by atoms with E-state index in [-0.39, 0.29) is 0 Å². The molecule has 0 aliphatic rings. The van der Waals surface area contributed by atoms with Crippen molar-refractivity contribution in [2.75, 3.05) is 0 Å². The van der Waals surface area contributed by atoms with Crippen LogP contribution in [-0.4, -0.2) is 19.5 Å². The van der Waals surface area contributed by atoms with Gasteiger partial charge in [0, 0.05) is 38.4 Å². The van der Waals surface area contributed by atoms with Gasteiger partial charge in [0.15, 0.2) is 17.5 Å². The van der Waals surface area contributed by atoms with E-state index in [1.165, 1.54) is 27.4 Å². The van der Waals surface area contributed by atoms with Gasteiger partial charge in [-0.1, -0.05) is 158 Å². The number of aromatic nitrogens is 4. The van der Waals surface area contributed by atoms with Crippen LogP contribution in [0.25, 0.3) is 106 Å². The van der Waals surface area contributed by atoms with E-state index in [1.54, 1.807) is 0 Å². The zero-order chi connectivity index (χ0) is 37.0. The second-order valence-corrected chi connectivity index (χ2v) is 14.0. The van der Waals surface area contributed by atoms with Gasteiger partial charge in [-0.2, -0.15) is 0 Å². The van der Waals surface area contributed by atoms with Crippen LogP contribution in [0.15, 0.2) is 199 Å². The summed E-state index contributed by atoms with van der Waals surface area (Å²) >= 11 is 0. The van der Waals surface area contributed by atoms with Gasteiger partial charge >= 0.3 is 0 Å². The number of furan rings is 1. The van der Waals surface area contributed by atoms with E-state index >= 15 is 0 Å². The van der Waals surface area contributed by atoms with Crippen molar-refractivity contribution in [3.63, 3.8) is 0 Å². The molecule has 5 heteroatoms. The van der Waals surface area contributed by atoms with Crippen LogP contribution in [-0.2, 0) is 0 Å². The molecule has 0 aliphatic carbocycles. The standard InChI is InChI=1S/C51H32N4O/c1-4-15-33(16-5-1)36-21-12-22-38(31-36)55-44-27-11-10-23-40(44)41-30-29-37(32-45(41)55)39-24-14-28-46-47(39)42-25-13-26-43(48(42)56-46)51-53-49(34-17-6-2-7-18-34)52-50(54-51)35-19-8-3-9-20-35/h1-32H. The summed E-state index contributed by atoms with van der Waals surface area (Å²) in [4.78, 5) is 15.0. The molecule has 0 aliphatic heterocycles. The van der Waals surface area contributed by atoms with Crippen molar-refractivity contribution in [3.8, 4) is 62.1 Å². The summed E-state index contributed by atoms with van der Waals surface area (Å²) in [6, 6.07) is 67.5. The molecule has 0 bridgehead atoms. The molecule has 0 spiro atoms. The number of rotatable bonds is 6. The molecule has 8 aromatic carbocycles. The van der Waals surface area contributed by atoms with Gasteiger partial charge < -0.3 is 8.98 Å². The topological polar surface area (TPSA) is 56.7 Å². The van der Waals surface area contributed by atoms with E-state index in [2.05, 4.69) is 126 Å². The third kappa shape index (κ3) is 5.29. The molecule has 11 aromatic rings. The van der Waals surface area contributed by atoms with Gasteiger partial charge in [-0.3, -0.25) is 0 Å². The maximum absolute atomic E-state index is 6.77. The van der Waals surface area contributed by atoms with Crippen molar-refractivity contribution in [2.24, 2.45) is 0 Å². The first kappa shape index (κ1) is 31.9. The van der Waals surface area contributed by atoms with Crippen molar-refractivity contribution < 1.29 is 4.42 Å². The Balaban J connectivity index is 1.10. The number of para-hydroxylation sites is 2. The molecule has 0 unspecified atom stereocenters. The molecule has 3 heterocycles. The Kier molecular flexibility index (Phi) is 7.42. The number of benzene rings is 8. The van der Waals surface area contributed by atoms with Crippen LogP contribution in [0, 0.1) is 0 Å². The van der Waals surface area contributed by atoms with E-state index in [1.807, 2.05) is 72.8 Å². The summed E-state index contributed by atoms with van der Waals surface area (Å²) in [6.07, 6.45) is 0. The van der Waals surface area contributed by atoms with Crippen molar-refractivity contribution in [1.82, 2.24) is 19.5 Å². The number of nitrogens with zero attached hydrogens (tertiary/aromatic N) is 4. The van der Waals surface area contributed by atoms with E-state index in [9.17, 15) is 0 Å². The molecule has 0 N–H and O–H groups in total. The largest absolute Gasteiger partial charge is 0.455 e. The average Bonchev–Trinajstić information content (AvgIpc) is 3.83. The predicted molar refractivity (Wildman–Crippen MR) is 229 cm³/mol. The average molecular weight is 717 g/mol. The van der Waals surface area contributed by atoms with Gasteiger partial charge in [0.05, 0.1) is 16.6 Å². The molecular formula is C51H32N4O. The second-order valence-electron chi connectivity index (χ2n) is 14.0. The highest BCUT2D eigenvalue weighted by molar-refractivity contribution is 6.16. The molecule has 0 amide bonds. The molecule has 0 saturated heterocycles. The SMILES string of the molecule is c1ccc(-c2cccc(-n3c4ccccc4c4ccc(-c5cccc6oc7c(-c8nc(-c9ccccc9)nc(-c9ccccc9)n8)cccc7c56)cc43)c2)cc1. The Morgan fingerprint density at radius 1 is 0.357 bits per heavy atom. The molecule has 11 rings (SSSR count). The summed E-state index contributed by atoms with van der Waals surface area (Å²) in [5, 5.41) is 4.49. The Morgan fingerprint density at radius 3 is 1.68 bits per heavy atom. The maximum atomic E-state index is 6.77. The Morgan fingerprint density at radius 2 is 0.929 bits per heavy atom. The molecule has 0 radical (unpaired) electrons. The summed E-state index contributed by atoms with van der Waals surface area (Å²) in [5.74, 6) is 1.79. The van der Waals surface area contributed by atoms with Crippen LogP contribution in [0.3, 0.4) is 0 Å². The fraction of sp³-hybridized carbons (Fsp3) is 0. The van der Waals surface area contributed by atoms with Crippen LogP contribution in [0.5, 0.6) is 0 Å². The van der Waals surface area contributed by atoms with Gasteiger partial charge in [-0.15, -0.1) is 0 Å². The predicted octanol–water partition coefficient (Wildman–Crippen LogP) is 13.2. The molecule has 3 aromatic heterocycles. The van der Waals surface area contributed by atoms with Gasteiger partial charge in [0.25, 0.3) is 0 Å². The lowest BCUT2D eigenvalue weighted by molar-refractivity contribution is 0.669. The maximum Gasteiger partial charge on any atom is 0.167 e. The first-order chi connectivity index (χ1) is 27.8. The first-order valence-corrected chi connectivity index (χ1v) is 18.8. The minimum Gasteiger partial charge on any atom is -0.455 e. The van der Waals surface area contributed by atoms with E-state index in [0.717, 1.165) is 61.0 Å². The van der Waals surface area contributed by atoms with E-state index in [4.69, 9.17) is 19.4 Å². The zero-order valence-corrected chi connectivity index (χ0v) is 30.2. The van der Waals surface area contributed by atoms with Gasteiger partial charge in [-0.25, -0.2) is 15.0 Å². The van der Waals surface area contributed by atoms with Crippen molar-refractivity contribution >= 4 is 43.7 Å². The Bertz CT molecular complexity index is 3180. The molecular weight excluding hydrogens is 685 g/mol. The number of fused-ring (bicyclic) bond motifs is 6. The normalized spacial score (nSPS) is 11.6. The van der Waals surface area contributed by atoms with Crippen LogP contribution in [0.2, 0.25) is 0 Å². The smallest absolute Gasteiger partial charge is 0.167 e. The summed E-state index contributed by atoms with van der Waals surface area (Å²) in [6.45, 7) is 0. The lowest BCUT2D eigenvalue weighted by Crippen LogP contribution is -2.00.